The van der Waals surface area contributed by atoms with Crippen LogP contribution >= 0.6 is 11.6 Å². The van der Waals surface area contributed by atoms with Crippen LogP contribution in [0.3, 0.4) is 0 Å². The highest BCUT2D eigenvalue weighted by Gasteiger charge is 2.07. The third-order valence-electron chi connectivity index (χ3n) is 2.04. The van der Waals surface area contributed by atoms with Crippen LogP contribution in [0.5, 0.6) is 0 Å². The number of benzene rings is 1. The second-order valence-corrected chi connectivity index (χ2v) is 5.06. The van der Waals surface area contributed by atoms with E-state index in [4.69, 9.17) is 11.6 Å². The van der Waals surface area contributed by atoms with E-state index in [0.29, 0.717) is 17.1 Å². The quantitative estimate of drug-likeness (QED) is 0.760. The van der Waals surface area contributed by atoms with E-state index in [1.54, 1.807) is 35.8 Å². The molecule has 82 valence electrons. The zero-order chi connectivity index (χ0) is 11.4. The van der Waals surface area contributed by atoms with Gasteiger partial charge in [0.05, 0.1) is 11.0 Å². The Labute approximate surface area is 96.6 Å². The summed E-state index contributed by atoms with van der Waals surface area (Å²) in [6.07, 6.45) is 2.36. The molecule has 1 rings (SSSR count). The largest absolute Gasteiger partial charge is 0.298 e. The molecular formula is C10H12ClNO2S. The molecule has 0 aliphatic heterocycles. The van der Waals surface area contributed by atoms with Gasteiger partial charge in [-0.2, -0.15) is 0 Å². The summed E-state index contributed by atoms with van der Waals surface area (Å²) in [5, 5.41) is 0.581. The van der Waals surface area contributed by atoms with E-state index in [0.717, 1.165) is 11.8 Å². The number of carbonyl (C=O) groups excluding carboxylic acids is 1. The molecule has 0 saturated carbocycles. The van der Waals surface area contributed by atoms with E-state index in [1.165, 1.54) is 0 Å². The highest BCUT2D eigenvalue weighted by molar-refractivity contribution is 7.81. The van der Waals surface area contributed by atoms with Gasteiger partial charge in [-0.15, -0.1) is 0 Å². The van der Waals surface area contributed by atoms with Gasteiger partial charge >= 0.3 is 0 Å². The van der Waals surface area contributed by atoms with E-state index < -0.39 is 11.0 Å². The number of hydrogen-bond donors (Lipinski definition) is 0. The Bertz CT molecular complexity index is 395. The number of halogens is 1. The van der Waals surface area contributed by atoms with Gasteiger partial charge < -0.3 is 0 Å². The lowest BCUT2D eigenvalue weighted by molar-refractivity contribution is 0.112. The van der Waals surface area contributed by atoms with Crippen LogP contribution in [0.15, 0.2) is 18.2 Å². The Morgan fingerprint density at radius 3 is 2.73 bits per heavy atom. The van der Waals surface area contributed by atoms with Gasteiger partial charge in [-0.05, 0) is 17.7 Å². The standard InChI is InChI=1S/C10H12ClNO2S/c1-12(15(2)14)6-9-5-8(7-13)3-4-10(9)11/h3-5,7H,6H2,1-2H3. The zero-order valence-corrected chi connectivity index (χ0v) is 10.1. The lowest BCUT2D eigenvalue weighted by atomic mass is 10.1. The second-order valence-electron chi connectivity index (χ2n) is 3.18. The van der Waals surface area contributed by atoms with Gasteiger partial charge in [-0.3, -0.25) is 4.79 Å². The van der Waals surface area contributed by atoms with Crippen LogP contribution in [0, 0.1) is 0 Å². The lowest BCUT2D eigenvalue weighted by Crippen LogP contribution is -2.19. The summed E-state index contributed by atoms with van der Waals surface area (Å²) in [5.74, 6) is 0. The van der Waals surface area contributed by atoms with Gasteiger partial charge in [0.25, 0.3) is 0 Å². The van der Waals surface area contributed by atoms with Crippen molar-refractivity contribution in [1.82, 2.24) is 4.31 Å². The maximum Gasteiger partial charge on any atom is 0.150 e. The third-order valence-corrected chi connectivity index (χ3v) is 3.41. The number of nitrogens with zero attached hydrogens (tertiary/aromatic N) is 1. The monoisotopic (exact) mass is 245 g/mol. The molecule has 0 radical (unpaired) electrons. The van der Waals surface area contributed by atoms with Crippen molar-refractivity contribution in [2.24, 2.45) is 0 Å². The van der Waals surface area contributed by atoms with Crippen molar-refractivity contribution < 1.29 is 9.00 Å². The lowest BCUT2D eigenvalue weighted by Gasteiger charge is -2.14. The molecule has 0 bridgehead atoms. The topological polar surface area (TPSA) is 37.4 Å². The fraction of sp³-hybridized carbons (Fsp3) is 0.300. The molecule has 0 saturated heterocycles. The molecule has 0 heterocycles. The van der Waals surface area contributed by atoms with Gasteiger partial charge in [0, 0.05) is 30.4 Å². The average molecular weight is 246 g/mol. The molecule has 1 aromatic rings. The highest BCUT2D eigenvalue weighted by atomic mass is 35.5. The van der Waals surface area contributed by atoms with E-state index in [1.807, 2.05) is 0 Å². The number of aldehydes is 1. The molecule has 0 aliphatic carbocycles. The predicted octanol–water partition coefficient (Wildman–Crippen LogP) is 1.88. The average Bonchev–Trinajstić information content (AvgIpc) is 2.21. The first-order valence-corrected chi connectivity index (χ1v) is 6.22. The zero-order valence-electron chi connectivity index (χ0n) is 8.57. The molecule has 0 spiro atoms. The molecule has 15 heavy (non-hydrogen) atoms. The number of carbonyl (C=O) groups is 1. The predicted molar refractivity (Wildman–Crippen MR) is 62.4 cm³/mol. The summed E-state index contributed by atoms with van der Waals surface area (Å²) in [6.45, 7) is 0.462. The van der Waals surface area contributed by atoms with Crippen LogP contribution in [-0.4, -0.2) is 28.1 Å². The Balaban J connectivity index is 2.92. The van der Waals surface area contributed by atoms with E-state index in [2.05, 4.69) is 0 Å². The summed E-state index contributed by atoms with van der Waals surface area (Å²) in [4.78, 5) is 10.6. The smallest absolute Gasteiger partial charge is 0.150 e. The molecule has 0 aromatic heterocycles. The highest BCUT2D eigenvalue weighted by Crippen LogP contribution is 2.18. The van der Waals surface area contributed by atoms with Crippen LogP contribution in [0.25, 0.3) is 0 Å². The molecule has 0 fully saturated rings. The van der Waals surface area contributed by atoms with Crippen molar-refractivity contribution in [2.45, 2.75) is 6.54 Å². The van der Waals surface area contributed by atoms with Crippen LogP contribution < -0.4 is 0 Å². The molecule has 1 aromatic carbocycles. The van der Waals surface area contributed by atoms with Crippen molar-refractivity contribution in [2.75, 3.05) is 13.3 Å². The van der Waals surface area contributed by atoms with Crippen molar-refractivity contribution in [3.63, 3.8) is 0 Å². The summed E-state index contributed by atoms with van der Waals surface area (Å²) in [5.41, 5.74) is 1.38. The van der Waals surface area contributed by atoms with Gasteiger partial charge in [-0.1, -0.05) is 17.7 Å². The second kappa shape index (κ2) is 5.39. The van der Waals surface area contributed by atoms with Gasteiger partial charge in [0.2, 0.25) is 0 Å². The first-order chi connectivity index (χ1) is 7.04. The normalized spacial score (nSPS) is 12.8. The van der Waals surface area contributed by atoms with E-state index in [-0.39, 0.29) is 0 Å². The molecular weight excluding hydrogens is 234 g/mol. The van der Waals surface area contributed by atoms with Gasteiger partial charge in [0.1, 0.15) is 6.29 Å². The SMILES string of the molecule is CN(Cc1cc(C=O)ccc1Cl)S(C)=O. The summed E-state index contributed by atoms with van der Waals surface area (Å²) in [7, 11) is 0.695. The number of rotatable bonds is 4. The Morgan fingerprint density at radius 2 is 2.20 bits per heavy atom. The Hall–Kier alpha value is -0.710. The minimum Gasteiger partial charge on any atom is -0.298 e. The number of hydrogen-bond acceptors (Lipinski definition) is 2. The molecule has 1 unspecified atom stereocenters. The minimum absolute atomic E-state index is 0.462. The summed E-state index contributed by atoms with van der Waals surface area (Å²) in [6, 6.07) is 5.04. The Morgan fingerprint density at radius 1 is 1.53 bits per heavy atom. The first kappa shape index (κ1) is 12.4. The molecule has 0 aliphatic rings. The third kappa shape index (κ3) is 3.41. The molecule has 0 N–H and O–H groups in total. The van der Waals surface area contributed by atoms with Crippen LogP contribution in [0.2, 0.25) is 5.02 Å². The Kier molecular flexibility index (Phi) is 4.45. The summed E-state index contributed by atoms with van der Waals surface area (Å²) >= 11 is 5.96. The van der Waals surface area contributed by atoms with Gasteiger partial charge in [0.15, 0.2) is 0 Å². The van der Waals surface area contributed by atoms with Crippen molar-refractivity contribution in [3.05, 3.63) is 34.3 Å². The van der Waals surface area contributed by atoms with Crippen LogP contribution in [-0.2, 0) is 17.5 Å². The minimum atomic E-state index is -1.04. The first-order valence-electron chi connectivity index (χ1n) is 4.33. The molecule has 5 heteroatoms. The van der Waals surface area contributed by atoms with Gasteiger partial charge in [-0.25, -0.2) is 8.51 Å². The summed E-state index contributed by atoms with van der Waals surface area (Å²) < 4.78 is 12.8. The van der Waals surface area contributed by atoms with Crippen molar-refractivity contribution in [3.8, 4) is 0 Å². The van der Waals surface area contributed by atoms with Crippen LogP contribution in [0.4, 0.5) is 0 Å². The fourth-order valence-corrected chi connectivity index (χ4v) is 1.62. The van der Waals surface area contributed by atoms with Crippen molar-refractivity contribution in [1.29, 1.82) is 0 Å². The maximum atomic E-state index is 11.1. The van der Waals surface area contributed by atoms with Crippen molar-refractivity contribution >= 4 is 28.9 Å². The van der Waals surface area contributed by atoms with Crippen LogP contribution in [0.1, 0.15) is 15.9 Å². The van der Waals surface area contributed by atoms with E-state index in [9.17, 15) is 9.00 Å². The maximum absolute atomic E-state index is 11.1. The molecule has 1 atom stereocenters. The molecule has 3 nitrogen and oxygen atoms in total. The fourth-order valence-electron chi connectivity index (χ4n) is 1.12. The molecule has 0 amide bonds. The van der Waals surface area contributed by atoms with E-state index >= 15 is 0 Å².